The van der Waals surface area contributed by atoms with Crippen LogP contribution >= 0.6 is 0 Å². The second kappa shape index (κ2) is 5.51. The van der Waals surface area contributed by atoms with E-state index >= 15 is 0 Å². The summed E-state index contributed by atoms with van der Waals surface area (Å²) in [4.78, 5) is 10.6. The molecule has 0 fully saturated rings. The molecule has 0 aromatic heterocycles. The number of aryl methyl sites for hydroxylation is 1. The molecule has 0 heterocycles. The second-order valence-electron chi connectivity index (χ2n) is 3.67. The van der Waals surface area contributed by atoms with Crippen molar-refractivity contribution in [3.05, 3.63) is 29.3 Å². The molecule has 1 aromatic carbocycles. The first kappa shape index (κ1) is 12.5. The van der Waals surface area contributed by atoms with Crippen LogP contribution in [0.4, 0.5) is 0 Å². The number of benzene rings is 1. The molecule has 0 aliphatic heterocycles. The summed E-state index contributed by atoms with van der Waals surface area (Å²) in [7, 11) is 1.58. The molecule has 1 rings (SSSR count). The molecule has 0 spiro atoms. The van der Waals surface area contributed by atoms with E-state index in [1.54, 1.807) is 13.2 Å². The van der Waals surface area contributed by atoms with E-state index in [-0.39, 0.29) is 6.42 Å². The molecule has 1 aromatic rings. The summed E-state index contributed by atoms with van der Waals surface area (Å²) in [5.41, 5.74) is 7.70. The molecule has 0 amide bonds. The van der Waals surface area contributed by atoms with Crippen molar-refractivity contribution in [2.75, 3.05) is 7.11 Å². The van der Waals surface area contributed by atoms with Gasteiger partial charge in [-0.1, -0.05) is 13.0 Å². The molecule has 0 radical (unpaired) electrons. The quantitative estimate of drug-likeness (QED) is 0.797. The largest absolute Gasteiger partial charge is 0.497 e. The van der Waals surface area contributed by atoms with Crippen molar-refractivity contribution in [2.45, 2.75) is 25.8 Å². The monoisotopic (exact) mass is 223 g/mol. The standard InChI is InChI=1S/C12H17NO3/c1-3-8-4-9(6-10(5-8)16-2)11(13)7-12(14)15/h4-6,11H,3,7,13H2,1-2H3,(H,14,15). The Morgan fingerprint density at radius 1 is 1.50 bits per heavy atom. The Bertz CT molecular complexity index is 354. The van der Waals surface area contributed by atoms with Crippen molar-refractivity contribution < 1.29 is 14.6 Å². The summed E-state index contributed by atoms with van der Waals surface area (Å²) in [6.07, 6.45) is 0.792. The fraction of sp³-hybridized carbons (Fsp3) is 0.417. The molecule has 0 bridgehead atoms. The summed E-state index contributed by atoms with van der Waals surface area (Å²) in [6.45, 7) is 2.03. The zero-order valence-electron chi connectivity index (χ0n) is 9.56. The minimum atomic E-state index is -0.895. The predicted molar refractivity (Wildman–Crippen MR) is 61.6 cm³/mol. The van der Waals surface area contributed by atoms with Crippen LogP contribution in [0.1, 0.15) is 30.5 Å². The van der Waals surface area contributed by atoms with Crippen LogP contribution in [0.25, 0.3) is 0 Å². The molecule has 0 saturated carbocycles. The Labute approximate surface area is 95.0 Å². The smallest absolute Gasteiger partial charge is 0.305 e. The highest BCUT2D eigenvalue weighted by molar-refractivity contribution is 5.68. The van der Waals surface area contributed by atoms with Gasteiger partial charge in [-0.05, 0) is 29.7 Å². The summed E-state index contributed by atoms with van der Waals surface area (Å²) in [5, 5.41) is 8.69. The van der Waals surface area contributed by atoms with Crippen LogP contribution in [0.3, 0.4) is 0 Å². The Morgan fingerprint density at radius 2 is 2.19 bits per heavy atom. The van der Waals surface area contributed by atoms with Crippen molar-refractivity contribution in [1.82, 2.24) is 0 Å². The third kappa shape index (κ3) is 3.24. The number of carboxylic acids is 1. The van der Waals surface area contributed by atoms with Crippen molar-refractivity contribution in [3.8, 4) is 5.75 Å². The normalized spacial score (nSPS) is 12.2. The van der Waals surface area contributed by atoms with Gasteiger partial charge in [0.15, 0.2) is 0 Å². The topological polar surface area (TPSA) is 72.5 Å². The van der Waals surface area contributed by atoms with E-state index in [2.05, 4.69) is 0 Å². The van der Waals surface area contributed by atoms with E-state index in [4.69, 9.17) is 15.6 Å². The Morgan fingerprint density at radius 3 is 2.69 bits per heavy atom. The van der Waals surface area contributed by atoms with E-state index in [9.17, 15) is 4.79 Å². The van der Waals surface area contributed by atoms with Crippen molar-refractivity contribution >= 4 is 5.97 Å². The third-order valence-electron chi connectivity index (χ3n) is 2.46. The first-order valence-corrected chi connectivity index (χ1v) is 5.22. The number of hydrogen-bond acceptors (Lipinski definition) is 3. The average Bonchev–Trinajstić information content (AvgIpc) is 2.27. The van der Waals surface area contributed by atoms with Crippen LogP contribution in [0.2, 0.25) is 0 Å². The minimum absolute atomic E-state index is 0.0731. The van der Waals surface area contributed by atoms with Gasteiger partial charge >= 0.3 is 5.97 Å². The van der Waals surface area contributed by atoms with Gasteiger partial charge in [0.1, 0.15) is 5.75 Å². The maximum atomic E-state index is 10.6. The first-order chi connectivity index (χ1) is 7.56. The third-order valence-corrected chi connectivity index (χ3v) is 2.46. The molecule has 0 aliphatic carbocycles. The van der Waals surface area contributed by atoms with Gasteiger partial charge in [0.25, 0.3) is 0 Å². The van der Waals surface area contributed by atoms with Crippen LogP contribution in [0.5, 0.6) is 5.75 Å². The van der Waals surface area contributed by atoms with Crippen LogP contribution in [-0.4, -0.2) is 18.2 Å². The number of carboxylic acid groups (broad SMARTS) is 1. The van der Waals surface area contributed by atoms with Crippen molar-refractivity contribution in [2.24, 2.45) is 5.73 Å². The lowest BCUT2D eigenvalue weighted by Crippen LogP contribution is -2.15. The number of methoxy groups -OCH3 is 1. The molecule has 88 valence electrons. The van der Waals surface area contributed by atoms with Crippen LogP contribution in [0, 0.1) is 0 Å². The zero-order valence-corrected chi connectivity index (χ0v) is 9.56. The highest BCUT2D eigenvalue weighted by atomic mass is 16.5. The van der Waals surface area contributed by atoms with Gasteiger partial charge in [0.05, 0.1) is 13.5 Å². The molecule has 3 N–H and O–H groups in total. The van der Waals surface area contributed by atoms with Crippen molar-refractivity contribution in [1.29, 1.82) is 0 Å². The average molecular weight is 223 g/mol. The lowest BCUT2D eigenvalue weighted by atomic mass is 10.0. The van der Waals surface area contributed by atoms with E-state index in [0.717, 1.165) is 23.3 Å². The number of rotatable bonds is 5. The molecule has 4 nitrogen and oxygen atoms in total. The number of hydrogen-bond donors (Lipinski definition) is 2. The fourth-order valence-corrected chi connectivity index (χ4v) is 1.53. The van der Waals surface area contributed by atoms with E-state index in [1.807, 2.05) is 19.1 Å². The SMILES string of the molecule is CCc1cc(OC)cc(C(N)CC(=O)O)c1. The lowest BCUT2D eigenvalue weighted by Gasteiger charge is -2.12. The molecular formula is C12H17NO3. The first-order valence-electron chi connectivity index (χ1n) is 5.22. The summed E-state index contributed by atoms with van der Waals surface area (Å²) in [6, 6.07) is 5.15. The predicted octanol–water partition coefficient (Wildman–Crippen LogP) is 1.73. The minimum Gasteiger partial charge on any atom is -0.497 e. The van der Waals surface area contributed by atoms with E-state index in [0.29, 0.717) is 0 Å². The van der Waals surface area contributed by atoms with Gasteiger partial charge < -0.3 is 15.6 Å². The Hall–Kier alpha value is -1.55. The van der Waals surface area contributed by atoms with Crippen molar-refractivity contribution in [3.63, 3.8) is 0 Å². The van der Waals surface area contributed by atoms with Gasteiger partial charge in [-0.15, -0.1) is 0 Å². The van der Waals surface area contributed by atoms with Gasteiger partial charge in [0.2, 0.25) is 0 Å². The maximum absolute atomic E-state index is 10.6. The van der Waals surface area contributed by atoms with Crippen LogP contribution < -0.4 is 10.5 Å². The highest BCUT2D eigenvalue weighted by Gasteiger charge is 2.12. The molecule has 1 atom stereocenters. The lowest BCUT2D eigenvalue weighted by molar-refractivity contribution is -0.137. The Kier molecular flexibility index (Phi) is 4.31. The highest BCUT2D eigenvalue weighted by Crippen LogP contribution is 2.22. The Balaban J connectivity index is 2.97. The van der Waals surface area contributed by atoms with Gasteiger partial charge in [-0.3, -0.25) is 4.79 Å². The molecular weight excluding hydrogens is 206 g/mol. The van der Waals surface area contributed by atoms with Gasteiger partial charge in [0, 0.05) is 6.04 Å². The maximum Gasteiger partial charge on any atom is 0.305 e. The van der Waals surface area contributed by atoms with E-state index in [1.165, 1.54) is 0 Å². The molecule has 0 aliphatic rings. The summed E-state index contributed by atoms with van der Waals surface area (Å²) < 4.78 is 5.15. The summed E-state index contributed by atoms with van der Waals surface area (Å²) in [5.74, 6) is -0.177. The second-order valence-corrected chi connectivity index (χ2v) is 3.67. The number of aliphatic carboxylic acids is 1. The van der Waals surface area contributed by atoms with Gasteiger partial charge in [-0.2, -0.15) is 0 Å². The molecule has 1 unspecified atom stereocenters. The van der Waals surface area contributed by atoms with Gasteiger partial charge in [-0.25, -0.2) is 0 Å². The van der Waals surface area contributed by atoms with E-state index < -0.39 is 12.0 Å². The number of carbonyl (C=O) groups is 1. The molecule has 16 heavy (non-hydrogen) atoms. The van der Waals surface area contributed by atoms with Crippen LogP contribution in [0.15, 0.2) is 18.2 Å². The number of ether oxygens (including phenoxy) is 1. The fourth-order valence-electron chi connectivity index (χ4n) is 1.53. The molecule has 0 saturated heterocycles. The molecule has 4 heteroatoms. The summed E-state index contributed by atoms with van der Waals surface area (Å²) >= 11 is 0. The number of nitrogens with two attached hydrogens (primary N) is 1. The van der Waals surface area contributed by atoms with Crippen LogP contribution in [-0.2, 0) is 11.2 Å². The zero-order chi connectivity index (χ0) is 12.1.